The van der Waals surface area contributed by atoms with Gasteiger partial charge in [0.15, 0.2) is 5.65 Å². The van der Waals surface area contributed by atoms with Crippen molar-refractivity contribution in [3.8, 4) is 39.5 Å². The van der Waals surface area contributed by atoms with E-state index < -0.39 is 5.82 Å². The number of pyridine rings is 3. The molecule has 0 atom stereocenters. The van der Waals surface area contributed by atoms with E-state index in [9.17, 15) is 14.3 Å². The molecule has 0 bridgehead atoms. The number of phenols is 1. The third-order valence-electron chi connectivity index (χ3n) is 7.19. The van der Waals surface area contributed by atoms with Crippen molar-refractivity contribution in [3.05, 3.63) is 73.1 Å². The van der Waals surface area contributed by atoms with Crippen LogP contribution in [0.5, 0.6) is 5.75 Å². The Balaban J connectivity index is 1.27. The second-order valence-corrected chi connectivity index (χ2v) is 9.77. The number of nitrogens with zero attached hydrogens (tertiary/aromatic N) is 4. The van der Waals surface area contributed by atoms with E-state index in [4.69, 9.17) is 0 Å². The summed E-state index contributed by atoms with van der Waals surface area (Å²) in [6.07, 6.45) is 9.70. The molecular formula is C29H22FN7O2. The molecule has 0 unspecified atom stereocenters. The van der Waals surface area contributed by atoms with Gasteiger partial charge in [0, 0.05) is 63.6 Å². The van der Waals surface area contributed by atoms with Gasteiger partial charge in [0.1, 0.15) is 17.3 Å². The van der Waals surface area contributed by atoms with Crippen LogP contribution in [0.3, 0.4) is 0 Å². The van der Waals surface area contributed by atoms with Gasteiger partial charge in [-0.15, -0.1) is 0 Å². The van der Waals surface area contributed by atoms with Crippen LogP contribution in [0.2, 0.25) is 0 Å². The molecule has 9 nitrogen and oxygen atoms in total. The van der Waals surface area contributed by atoms with Crippen LogP contribution in [0.25, 0.3) is 55.7 Å². The summed E-state index contributed by atoms with van der Waals surface area (Å²) >= 11 is 0. The molecule has 0 aliphatic heterocycles. The number of nitrogens with one attached hydrogen (secondary N) is 3. The number of amides is 1. The predicted octanol–water partition coefficient (Wildman–Crippen LogP) is 5.81. The number of halogens is 1. The molecule has 7 rings (SSSR count). The summed E-state index contributed by atoms with van der Waals surface area (Å²) in [6.45, 7) is 0. The highest BCUT2D eigenvalue weighted by atomic mass is 19.1. The smallest absolute Gasteiger partial charge is 0.227 e. The number of anilines is 1. The van der Waals surface area contributed by atoms with Crippen LogP contribution in [-0.2, 0) is 4.79 Å². The summed E-state index contributed by atoms with van der Waals surface area (Å²) in [4.78, 5) is 29.1. The molecule has 1 amide bonds. The molecule has 1 aliphatic carbocycles. The Kier molecular flexibility index (Phi) is 5.32. The minimum absolute atomic E-state index is 0.0343. The molecule has 4 N–H and O–H groups in total. The zero-order valence-corrected chi connectivity index (χ0v) is 20.6. The number of aromatic nitrogens is 6. The average molecular weight is 520 g/mol. The Bertz CT molecular complexity index is 1870. The van der Waals surface area contributed by atoms with Gasteiger partial charge in [0.05, 0.1) is 23.3 Å². The number of rotatable bonds is 5. The number of benzene rings is 1. The van der Waals surface area contributed by atoms with E-state index in [1.807, 2.05) is 24.3 Å². The quantitative estimate of drug-likeness (QED) is 0.227. The van der Waals surface area contributed by atoms with Crippen molar-refractivity contribution in [1.29, 1.82) is 0 Å². The number of fused-ring (bicyclic) bond motifs is 2. The van der Waals surface area contributed by atoms with Crippen LogP contribution in [-0.4, -0.2) is 41.1 Å². The van der Waals surface area contributed by atoms with Crippen LogP contribution in [0.15, 0.2) is 67.3 Å². The molecule has 192 valence electrons. The Labute approximate surface area is 221 Å². The van der Waals surface area contributed by atoms with Crippen LogP contribution < -0.4 is 5.32 Å². The first-order chi connectivity index (χ1) is 19.0. The fourth-order valence-corrected chi connectivity index (χ4v) is 4.97. The summed E-state index contributed by atoms with van der Waals surface area (Å²) in [6, 6.07) is 11.5. The lowest BCUT2D eigenvalue weighted by atomic mass is 9.85. The van der Waals surface area contributed by atoms with Gasteiger partial charge in [0.25, 0.3) is 0 Å². The van der Waals surface area contributed by atoms with Gasteiger partial charge in [-0.25, -0.2) is 9.37 Å². The number of aromatic hydroxyl groups is 1. The summed E-state index contributed by atoms with van der Waals surface area (Å²) < 4.78 is 14.0. The molecule has 5 aromatic heterocycles. The van der Waals surface area contributed by atoms with Crippen molar-refractivity contribution in [3.63, 3.8) is 0 Å². The van der Waals surface area contributed by atoms with Gasteiger partial charge in [-0.2, -0.15) is 5.10 Å². The summed E-state index contributed by atoms with van der Waals surface area (Å²) in [5, 5.41) is 21.9. The number of phenolic OH excluding ortho intramolecular Hbond substituents is 1. The molecule has 5 heterocycles. The number of carbonyl (C=O) groups is 1. The monoisotopic (exact) mass is 519 g/mol. The van der Waals surface area contributed by atoms with Gasteiger partial charge < -0.3 is 15.4 Å². The summed E-state index contributed by atoms with van der Waals surface area (Å²) in [5.74, 6) is -0.596. The van der Waals surface area contributed by atoms with Gasteiger partial charge in [0.2, 0.25) is 5.91 Å². The van der Waals surface area contributed by atoms with Crippen molar-refractivity contribution >= 4 is 33.5 Å². The molecule has 39 heavy (non-hydrogen) atoms. The largest absolute Gasteiger partial charge is 0.508 e. The number of hydrogen-bond donors (Lipinski definition) is 4. The van der Waals surface area contributed by atoms with E-state index in [1.165, 1.54) is 12.1 Å². The zero-order chi connectivity index (χ0) is 26.5. The molecule has 1 saturated carbocycles. The lowest BCUT2D eigenvalue weighted by Crippen LogP contribution is -2.28. The minimum atomic E-state index is -0.544. The first kappa shape index (κ1) is 23.0. The number of aromatic amines is 2. The minimum Gasteiger partial charge on any atom is -0.508 e. The lowest BCUT2D eigenvalue weighted by Gasteiger charge is -2.24. The Morgan fingerprint density at radius 1 is 0.949 bits per heavy atom. The van der Waals surface area contributed by atoms with Crippen molar-refractivity contribution in [2.24, 2.45) is 5.92 Å². The SMILES string of the molecule is O=C(Nc1cncc(-c2cnc3[nH]nc(-c4cc5c(-c6cc(O)cc(F)c6)nccc5[nH]4)c3c2)c1)C1CCC1. The highest BCUT2D eigenvalue weighted by molar-refractivity contribution is 6.00. The Morgan fingerprint density at radius 3 is 2.64 bits per heavy atom. The maximum Gasteiger partial charge on any atom is 0.227 e. The van der Waals surface area contributed by atoms with Gasteiger partial charge >= 0.3 is 0 Å². The van der Waals surface area contributed by atoms with Crippen molar-refractivity contribution in [1.82, 2.24) is 30.1 Å². The fourth-order valence-electron chi connectivity index (χ4n) is 4.97. The molecule has 0 saturated heterocycles. The molecule has 6 aromatic rings. The number of hydrogen-bond acceptors (Lipinski definition) is 6. The molecule has 0 radical (unpaired) electrons. The van der Waals surface area contributed by atoms with Crippen molar-refractivity contribution in [2.45, 2.75) is 19.3 Å². The van der Waals surface area contributed by atoms with Gasteiger partial charge in [-0.3, -0.25) is 19.9 Å². The first-order valence-corrected chi connectivity index (χ1v) is 12.6. The molecule has 10 heteroatoms. The maximum absolute atomic E-state index is 14.0. The molecule has 1 aliphatic rings. The summed E-state index contributed by atoms with van der Waals surface area (Å²) in [7, 11) is 0. The van der Waals surface area contributed by atoms with Gasteiger partial charge in [-0.1, -0.05) is 6.42 Å². The Hall–Kier alpha value is -5.12. The van der Waals surface area contributed by atoms with E-state index in [1.54, 1.807) is 24.8 Å². The third kappa shape index (κ3) is 4.15. The standard InChI is InChI=1S/C29H22FN7O2/c30-19-6-16(8-21(38)10-19)26-22-11-25(35-24(22)4-5-32-26)27-23-9-18(13-33-28(23)37-36-27)17-7-20(14-31-12-17)34-29(39)15-2-1-3-15/h4-15,35,38H,1-3H2,(H,34,39)(H,33,36,37). The maximum atomic E-state index is 14.0. The van der Waals surface area contributed by atoms with Crippen LogP contribution >= 0.6 is 0 Å². The van der Waals surface area contributed by atoms with Crippen LogP contribution in [0.4, 0.5) is 10.1 Å². The normalized spacial score (nSPS) is 13.6. The van der Waals surface area contributed by atoms with E-state index in [2.05, 4.69) is 35.5 Å². The molecular weight excluding hydrogens is 497 g/mol. The molecule has 0 spiro atoms. The lowest BCUT2D eigenvalue weighted by molar-refractivity contribution is -0.122. The zero-order valence-electron chi connectivity index (χ0n) is 20.6. The summed E-state index contributed by atoms with van der Waals surface area (Å²) in [5.41, 5.74) is 6.09. The number of carbonyl (C=O) groups excluding carboxylic acids is 1. The van der Waals surface area contributed by atoms with Gasteiger partial charge in [-0.05, 0) is 49.2 Å². The fraction of sp³-hybridized carbons (Fsp3) is 0.138. The van der Waals surface area contributed by atoms with Crippen molar-refractivity contribution < 1.29 is 14.3 Å². The highest BCUT2D eigenvalue weighted by Gasteiger charge is 2.25. The highest BCUT2D eigenvalue weighted by Crippen LogP contribution is 2.35. The van der Waals surface area contributed by atoms with Crippen molar-refractivity contribution in [2.75, 3.05) is 5.32 Å². The van der Waals surface area contributed by atoms with Crippen LogP contribution in [0.1, 0.15) is 19.3 Å². The third-order valence-corrected chi connectivity index (χ3v) is 7.19. The first-order valence-electron chi connectivity index (χ1n) is 12.6. The van der Waals surface area contributed by atoms with Crippen LogP contribution in [0, 0.1) is 11.7 Å². The second kappa shape index (κ2) is 9.02. The topological polar surface area (TPSA) is 132 Å². The second-order valence-electron chi connectivity index (χ2n) is 9.77. The van der Waals surface area contributed by atoms with E-state index in [0.717, 1.165) is 58.4 Å². The van der Waals surface area contributed by atoms with E-state index in [-0.39, 0.29) is 17.6 Å². The number of H-pyrrole nitrogens is 2. The molecule has 1 fully saturated rings. The average Bonchev–Trinajstić information content (AvgIpc) is 3.50. The van der Waals surface area contributed by atoms with E-state index >= 15 is 0 Å². The van der Waals surface area contributed by atoms with E-state index in [0.29, 0.717) is 28.3 Å². The molecule has 1 aromatic carbocycles. The predicted molar refractivity (Wildman–Crippen MR) is 145 cm³/mol. The Morgan fingerprint density at radius 2 is 1.82 bits per heavy atom.